The van der Waals surface area contributed by atoms with Gasteiger partial charge in [-0.15, -0.1) is 0 Å². The lowest BCUT2D eigenvalue weighted by atomic mass is 9.89. The third-order valence-corrected chi connectivity index (χ3v) is 5.78. The van der Waals surface area contributed by atoms with E-state index < -0.39 is 0 Å². The lowest BCUT2D eigenvalue weighted by Gasteiger charge is -2.16. The summed E-state index contributed by atoms with van der Waals surface area (Å²) in [6.45, 7) is 10.8. The maximum atomic E-state index is 12.9. The number of carbonyl (C=O) groups excluding carboxylic acids is 2. The Morgan fingerprint density at radius 2 is 1.76 bits per heavy atom. The molecule has 1 aliphatic heterocycles. The van der Waals surface area contributed by atoms with Gasteiger partial charge >= 0.3 is 0 Å². The van der Waals surface area contributed by atoms with Gasteiger partial charge in [0.1, 0.15) is 0 Å². The number of hydrogen-bond donors (Lipinski definition) is 0. The van der Waals surface area contributed by atoms with Crippen LogP contribution in [0.3, 0.4) is 0 Å². The molecular formula is C24H31N3O2. The number of hydrogen-bond acceptors (Lipinski definition) is 5. The standard InChI is InChI=1S/C24H31N3O2/c1-16(2)23(28)22-14-25-12-20(18(22)4)11-17(3)24(29)19-7-8-21(26-13-19)15-27-9-5-6-10-27/h7-8,12-14,16-17H,5-6,9-11,15H2,1-4H3. The van der Waals surface area contributed by atoms with E-state index in [2.05, 4.69) is 14.9 Å². The zero-order valence-electron chi connectivity index (χ0n) is 17.9. The Labute approximate surface area is 173 Å². The molecule has 1 atom stereocenters. The molecule has 0 aliphatic carbocycles. The number of Topliss-reactive ketones (excluding diaryl/α,β-unsaturated/α-hetero) is 2. The van der Waals surface area contributed by atoms with Crippen LogP contribution in [0.25, 0.3) is 0 Å². The van der Waals surface area contributed by atoms with Crippen LogP contribution in [0.1, 0.15) is 71.1 Å². The Bertz CT molecular complexity index is 868. The van der Waals surface area contributed by atoms with Gasteiger partial charge in [-0.3, -0.25) is 24.5 Å². The summed E-state index contributed by atoms with van der Waals surface area (Å²) < 4.78 is 0. The third kappa shape index (κ3) is 5.15. The van der Waals surface area contributed by atoms with Gasteiger partial charge < -0.3 is 0 Å². The van der Waals surface area contributed by atoms with Gasteiger partial charge in [0.05, 0.1) is 5.69 Å². The molecule has 5 nitrogen and oxygen atoms in total. The molecule has 2 aromatic rings. The summed E-state index contributed by atoms with van der Waals surface area (Å²) in [7, 11) is 0. The summed E-state index contributed by atoms with van der Waals surface area (Å²) in [6, 6.07) is 3.86. The first-order chi connectivity index (χ1) is 13.9. The highest BCUT2D eigenvalue weighted by atomic mass is 16.1. The van der Waals surface area contributed by atoms with Gasteiger partial charge in [0, 0.05) is 48.1 Å². The van der Waals surface area contributed by atoms with E-state index in [1.54, 1.807) is 18.6 Å². The first-order valence-electron chi connectivity index (χ1n) is 10.6. The van der Waals surface area contributed by atoms with Crippen LogP contribution in [-0.4, -0.2) is 39.5 Å². The summed E-state index contributed by atoms with van der Waals surface area (Å²) in [5.41, 5.74) is 4.19. The third-order valence-electron chi connectivity index (χ3n) is 5.78. The molecule has 3 rings (SSSR count). The number of aromatic nitrogens is 2. The number of nitrogens with zero attached hydrogens (tertiary/aromatic N) is 3. The Kier molecular flexibility index (Phi) is 6.91. The minimum Gasteiger partial charge on any atom is -0.298 e. The molecule has 0 saturated carbocycles. The smallest absolute Gasteiger partial charge is 0.167 e. The predicted molar refractivity (Wildman–Crippen MR) is 114 cm³/mol. The minimum atomic E-state index is -0.203. The molecule has 0 N–H and O–H groups in total. The van der Waals surface area contributed by atoms with E-state index in [1.807, 2.05) is 39.8 Å². The van der Waals surface area contributed by atoms with Crippen molar-refractivity contribution in [1.82, 2.24) is 14.9 Å². The molecule has 0 bridgehead atoms. The molecule has 0 radical (unpaired) electrons. The van der Waals surface area contributed by atoms with E-state index in [9.17, 15) is 9.59 Å². The molecule has 0 amide bonds. The van der Waals surface area contributed by atoms with E-state index >= 15 is 0 Å². The van der Waals surface area contributed by atoms with Crippen LogP contribution in [0, 0.1) is 18.8 Å². The largest absolute Gasteiger partial charge is 0.298 e. The zero-order chi connectivity index (χ0) is 21.0. The quantitative estimate of drug-likeness (QED) is 0.626. The van der Waals surface area contributed by atoms with Crippen LogP contribution in [0.15, 0.2) is 30.7 Å². The number of carbonyl (C=O) groups is 2. The first kappa shape index (κ1) is 21.3. The molecule has 29 heavy (non-hydrogen) atoms. The maximum absolute atomic E-state index is 12.9. The fourth-order valence-corrected chi connectivity index (χ4v) is 3.87. The summed E-state index contributed by atoms with van der Waals surface area (Å²) in [6.07, 6.45) is 8.18. The Morgan fingerprint density at radius 3 is 2.38 bits per heavy atom. The van der Waals surface area contributed by atoms with Crippen molar-refractivity contribution in [2.45, 2.75) is 53.5 Å². The van der Waals surface area contributed by atoms with Crippen LogP contribution in [-0.2, 0) is 13.0 Å². The van der Waals surface area contributed by atoms with Crippen LogP contribution in [0.5, 0.6) is 0 Å². The van der Waals surface area contributed by atoms with Crippen molar-refractivity contribution in [3.63, 3.8) is 0 Å². The number of likely N-dealkylation sites (tertiary alicyclic amines) is 1. The molecule has 0 spiro atoms. The zero-order valence-corrected chi connectivity index (χ0v) is 17.9. The van der Waals surface area contributed by atoms with Gasteiger partial charge in [-0.1, -0.05) is 20.8 Å². The topological polar surface area (TPSA) is 63.2 Å². The summed E-state index contributed by atoms with van der Waals surface area (Å²) >= 11 is 0. The molecule has 5 heteroatoms. The second-order valence-electron chi connectivity index (χ2n) is 8.48. The number of pyridine rings is 2. The Morgan fingerprint density at radius 1 is 1.03 bits per heavy atom. The van der Waals surface area contributed by atoms with E-state index in [4.69, 9.17) is 0 Å². The van der Waals surface area contributed by atoms with Crippen molar-refractivity contribution in [3.8, 4) is 0 Å². The van der Waals surface area contributed by atoms with Gasteiger partial charge in [0.15, 0.2) is 11.6 Å². The van der Waals surface area contributed by atoms with Gasteiger partial charge in [-0.2, -0.15) is 0 Å². The van der Waals surface area contributed by atoms with Gasteiger partial charge in [-0.25, -0.2) is 0 Å². The molecule has 0 aromatic carbocycles. The summed E-state index contributed by atoms with van der Waals surface area (Å²) in [5.74, 6) is -0.111. The fraction of sp³-hybridized carbons (Fsp3) is 0.500. The maximum Gasteiger partial charge on any atom is 0.167 e. The molecule has 1 fully saturated rings. The lowest BCUT2D eigenvalue weighted by Crippen LogP contribution is -2.20. The SMILES string of the molecule is Cc1c(CC(C)C(=O)c2ccc(CN3CCCC3)nc2)cncc1C(=O)C(C)C. The molecule has 1 aliphatic rings. The van der Waals surface area contributed by atoms with Crippen LogP contribution >= 0.6 is 0 Å². The Hall–Kier alpha value is -2.40. The summed E-state index contributed by atoms with van der Waals surface area (Å²) in [4.78, 5) is 36.5. The second kappa shape index (κ2) is 9.40. The van der Waals surface area contributed by atoms with Crippen molar-refractivity contribution in [1.29, 1.82) is 0 Å². The van der Waals surface area contributed by atoms with Crippen molar-refractivity contribution in [2.24, 2.45) is 11.8 Å². The highest BCUT2D eigenvalue weighted by molar-refractivity contribution is 5.99. The van der Waals surface area contributed by atoms with Crippen molar-refractivity contribution in [3.05, 3.63) is 58.7 Å². The fourth-order valence-electron chi connectivity index (χ4n) is 3.87. The average Bonchev–Trinajstić information content (AvgIpc) is 3.22. The second-order valence-corrected chi connectivity index (χ2v) is 8.48. The van der Waals surface area contributed by atoms with Crippen LogP contribution in [0.4, 0.5) is 0 Å². The highest BCUT2D eigenvalue weighted by Crippen LogP contribution is 2.21. The average molecular weight is 394 g/mol. The lowest BCUT2D eigenvalue weighted by molar-refractivity contribution is 0.0927. The van der Waals surface area contributed by atoms with E-state index in [0.29, 0.717) is 17.5 Å². The van der Waals surface area contributed by atoms with Gasteiger partial charge in [0.2, 0.25) is 0 Å². The normalized spacial score (nSPS) is 15.6. The molecule has 3 heterocycles. The monoisotopic (exact) mass is 393 g/mol. The number of ketones is 2. The first-order valence-corrected chi connectivity index (χ1v) is 10.6. The van der Waals surface area contributed by atoms with Crippen LogP contribution < -0.4 is 0 Å². The Balaban J connectivity index is 1.67. The van der Waals surface area contributed by atoms with E-state index in [0.717, 1.165) is 36.5 Å². The summed E-state index contributed by atoms with van der Waals surface area (Å²) in [5, 5.41) is 0. The van der Waals surface area contributed by atoms with Crippen molar-refractivity contribution < 1.29 is 9.59 Å². The van der Waals surface area contributed by atoms with Gasteiger partial charge in [-0.05, 0) is 62.5 Å². The highest BCUT2D eigenvalue weighted by Gasteiger charge is 2.21. The molecule has 2 aromatic heterocycles. The number of rotatable bonds is 8. The molecular weight excluding hydrogens is 362 g/mol. The van der Waals surface area contributed by atoms with Crippen molar-refractivity contribution in [2.75, 3.05) is 13.1 Å². The molecule has 154 valence electrons. The predicted octanol–water partition coefficient (Wildman–Crippen LogP) is 4.28. The van der Waals surface area contributed by atoms with Crippen molar-refractivity contribution >= 4 is 11.6 Å². The van der Waals surface area contributed by atoms with E-state index in [-0.39, 0.29) is 23.4 Å². The van der Waals surface area contributed by atoms with E-state index in [1.165, 1.54) is 12.8 Å². The van der Waals surface area contributed by atoms with Gasteiger partial charge in [0.25, 0.3) is 0 Å². The molecule has 1 saturated heterocycles. The van der Waals surface area contributed by atoms with Crippen LogP contribution in [0.2, 0.25) is 0 Å². The molecule has 1 unspecified atom stereocenters. The minimum absolute atomic E-state index is 0.0741.